The minimum absolute atomic E-state index is 0.0745. The molecule has 0 N–H and O–H groups in total. The van der Waals surface area contributed by atoms with Crippen LogP contribution in [-0.4, -0.2) is 6.61 Å². The summed E-state index contributed by atoms with van der Waals surface area (Å²) in [5, 5.41) is 0. The molecule has 1 saturated carbocycles. The normalized spacial score (nSPS) is 18.5. The first kappa shape index (κ1) is 8.76. The zero-order chi connectivity index (χ0) is 9.15. The van der Waals surface area contributed by atoms with Crippen LogP contribution in [0.2, 0.25) is 0 Å². The van der Waals surface area contributed by atoms with Crippen molar-refractivity contribution >= 4 is 0 Å². The van der Waals surface area contributed by atoms with Crippen molar-refractivity contribution in [3.63, 3.8) is 0 Å². The zero-order valence-electron chi connectivity index (χ0n) is 8.05. The Bertz CT molecular complexity index is 262. The molecule has 13 heavy (non-hydrogen) atoms. The van der Waals surface area contributed by atoms with E-state index >= 15 is 0 Å². The molecule has 1 nitrogen and oxygen atoms in total. The molecule has 1 aromatic carbocycles. The molecule has 1 heteroatoms. The van der Waals surface area contributed by atoms with E-state index in [1.807, 2.05) is 12.1 Å². The van der Waals surface area contributed by atoms with Gasteiger partial charge in [0.1, 0.15) is 0 Å². The molecule has 0 unspecified atom stereocenters. The summed E-state index contributed by atoms with van der Waals surface area (Å²) in [6.07, 6.45) is 3.45. The fraction of sp³-hybridized carbons (Fsp3) is 0.500. The highest BCUT2D eigenvalue weighted by atomic mass is 16.5. The van der Waals surface area contributed by atoms with Gasteiger partial charge in [0.25, 0.3) is 0 Å². The maximum atomic E-state index is 5.86. The third kappa shape index (κ3) is 1.75. The number of hydrogen-bond acceptors (Lipinski definition) is 1. The van der Waals surface area contributed by atoms with Crippen LogP contribution in [0.25, 0.3) is 0 Å². The first-order valence-electron chi connectivity index (χ1n) is 4.98. The third-order valence-corrected chi connectivity index (χ3v) is 2.53. The molecule has 0 aliphatic heterocycles. The van der Waals surface area contributed by atoms with Crippen molar-refractivity contribution in [1.29, 1.82) is 0 Å². The fourth-order valence-corrected chi connectivity index (χ4v) is 1.62. The Morgan fingerprint density at radius 2 is 2.08 bits per heavy atom. The first-order valence-corrected chi connectivity index (χ1v) is 4.98. The van der Waals surface area contributed by atoms with Crippen LogP contribution in [0.5, 0.6) is 0 Å². The van der Waals surface area contributed by atoms with Crippen molar-refractivity contribution in [3.8, 4) is 0 Å². The Hall–Kier alpha value is -0.820. The Morgan fingerprint density at radius 1 is 1.38 bits per heavy atom. The van der Waals surface area contributed by atoms with Crippen LogP contribution < -0.4 is 0 Å². The average Bonchev–Trinajstić information content (AvgIpc) is 2.97. The van der Waals surface area contributed by atoms with Gasteiger partial charge in [-0.1, -0.05) is 31.2 Å². The van der Waals surface area contributed by atoms with Crippen LogP contribution in [0.15, 0.2) is 24.3 Å². The maximum absolute atomic E-state index is 5.86. The van der Waals surface area contributed by atoms with Gasteiger partial charge in [-0.3, -0.25) is 0 Å². The zero-order valence-corrected chi connectivity index (χ0v) is 8.05. The van der Waals surface area contributed by atoms with Crippen molar-refractivity contribution in [2.24, 2.45) is 0 Å². The van der Waals surface area contributed by atoms with Crippen LogP contribution in [0.4, 0.5) is 0 Å². The van der Waals surface area contributed by atoms with E-state index < -0.39 is 0 Å². The standard InChI is InChI=1S/C12H15O/c1-2-10-13-12(8-9-12)11-6-4-3-5-7-11/h4-7H,2,8-10H2,1H3. The molecule has 0 spiro atoms. The minimum Gasteiger partial charge on any atom is -0.370 e. The predicted molar refractivity (Wildman–Crippen MR) is 52.4 cm³/mol. The number of ether oxygens (including phenoxy) is 1. The highest BCUT2D eigenvalue weighted by Crippen LogP contribution is 2.49. The molecular formula is C12H15O. The summed E-state index contributed by atoms with van der Waals surface area (Å²) in [4.78, 5) is 0. The Balaban J connectivity index is 2.07. The van der Waals surface area contributed by atoms with Crippen molar-refractivity contribution in [3.05, 3.63) is 35.9 Å². The van der Waals surface area contributed by atoms with Crippen LogP contribution >= 0.6 is 0 Å². The lowest BCUT2D eigenvalue weighted by Crippen LogP contribution is -2.12. The van der Waals surface area contributed by atoms with E-state index in [0.717, 1.165) is 13.0 Å². The molecule has 0 atom stereocenters. The number of benzene rings is 1. The summed E-state index contributed by atoms with van der Waals surface area (Å²) in [6, 6.07) is 11.2. The van der Waals surface area contributed by atoms with Crippen molar-refractivity contribution in [2.75, 3.05) is 6.61 Å². The molecule has 0 heterocycles. The molecule has 0 aromatic heterocycles. The van der Waals surface area contributed by atoms with Gasteiger partial charge in [0, 0.05) is 6.61 Å². The summed E-state index contributed by atoms with van der Waals surface area (Å²) in [6.45, 7) is 3.02. The molecule has 1 radical (unpaired) electrons. The van der Waals surface area contributed by atoms with Crippen LogP contribution in [-0.2, 0) is 10.3 Å². The SMILES string of the molecule is CCCOC1(c2cc[c]cc2)CC1. The predicted octanol–water partition coefficient (Wildman–Crippen LogP) is 2.90. The summed E-state index contributed by atoms with van der Waals surface area (Å²) < 4.78 is 5.86. The molecule has 1 aliphatic carbocycles. The molecule has 1 aliphatic rings. The van der Waals surface area contributed by atoms with E-state index in [1.54, 1.807) is 0 Å². The molecule has 0 amide bonds. The molecule has 1 fully saturated rings. The topological polar surface area (TPSA) is 9.23 Å². The lowest BCUT2D eigenvalue weighted by Gasteiger charge is -2.16. The number of hydrogen-bond donors (Lipinski definition) is 0. The second kappa shape index (κ2) is 3.51. The average molecular weight is 175 g/mol. The fourth-order valence-electron chi connectivity index (χ4n) is 1.62. The number of rotatable bonds is 4. The molecule has 1 aromatic rings. The quantitative estimate of drug-likeness (QED) is 0.683. The van der Waals surface area contributed by atoms with Gasteiger partial charge in [-0.05, 0) is 30.9 Å². The summed E-state index contributed by atoms with van der Waals surface area (Å²) in [5.74, 6) is 0. The Labute approximate surface area is 79.7 Å². The van der Waals surface area contributed by atoms with Gasteiger partial charge in [0.2, 0.25) is 0 Å². The molecule has 0 saturated heterocycles. The van der Waals surface area contributed by atoms with E-state index in [-0.39, 0.29) is 5.60 Å². The van der Waals surface area contributed by atoms with Gasteiger partial charge in [-0.15, -0.1) is 0 Å². The monoisotopic (exact) mass is 175 g/mol. The molecule has 2 rings (SSSR count). The third-order valence-electron chi connectivity index (χ3n) is 2.53. The van der Waals surface area contributed by atoms with E-state index in [9.17, 15) is 0 Å². The first-order chi connectivity index (χ1) is 6.37. The van der Waals surface area contributed by atoms with Gasteiger partial charge in [0.15, 0.2) is 0 Å². The van der Waals surface area contributed by atoms with Gasteiger partial charge in [-0.2, -0.15) is 0 Å². The second-order valence-electron chi connectivity index (χ2n) is 3.63. The molecule has 69 valence electrons. The van der Waals surface area contributed by atoms with Crippen molar-refractivity contribution < 1.29 is 4.74 Å². The Kier molecular flexibility index (Phi) is 2.36. The highest BCUT2D eigenvalue weighted by Gasteiger charge is 2.45. The van der Waals surface area contributed by atoms with Crippen molar-refractivity contribution in [2.45, 2.75) is 31.8 Å². The lowest BCUT2D eigenvalue weighted by atomic mass is 10.1. The highest BCUT2D eigenvalue weighted by molar-refractivity contribution is 5.27. The van der Waals surface area contributed by atoms with E-state index in [1.165, 1.54) is 18.4 Å². The Morgan fingerprint density at radius 3 is 2.62 bits per heavy atom. The summed E-state index contributed by atoms with van der Waals surface area (Å²) in [7, 11) is 0. The summed E-state index contributed by atoms with van der Waals surface area (Å²) in [5.41, 5.74) is 1.39. The van der Waals surface area contributed by atoms with E-state index in [4.69, 9.17) is 4.74 Å². The van der Waals surface area contributed by atoms with Crippen LogP contribution in [0.3, 0.4) is 0 Å². The largest absolute Gasteiger partial charge is 0.370 e. The van der Waals surface area contributed by atoms with Gasteiger partial charge >= 0.3 is 0 Å². The lowest BCUT2D eigenvalue weighted by molar-refractivity contribution is 0.0306. The van der Waals surface area contributed by atoms with Gasteiger partial charge in [0.05, 0.1) is 5.60 Å². The molecule has 0 bridgehead atoms. The van der Waals surface area contributed by atoms with E-state index in [0.29, 0.717) is 0 Å². The van der Waals surface area contributed by atoms with Crippen LogP contribution in [0, 0.1) is 6.07 Å². The van der Waals surface area contributed by atoms with E-state index in [2.05, 4.69) is 25.1 Å². The molecular weight excluding hydrogens is 160 g/mol. The summed E-state index contributed by atoms with van der Waals surface area (Å²) >= 11 is 0. The van der Waals surface area contributed by atoms with Crippen LogP contribution in [0.1, 0.15) is 31.7 Å². The van der Waals surface area contributed by atoms with Crippen molar-refractivity contribution in [1.82, 2.24) is 0 Å². The van der Waals surface area contributed by atoms with Gasteiger partial charge < -0.3 is 4.74 Å². The maximum Gasteiger partial charge on any atom is 0.0933 e. The smallest absolute Gasteiger partial charge is 0.0933 e. The second-order valence-corrected chi connectivity index (χ2v) is 3.63. The minimum atomic E-state index is 0.0745. The van der Waals surface area contributed by atoms with Gasteiger partial charge in [-0.25, -0.2) is 0 Å².